The number of hydrogen-bond donors (Lipinski definition) is 0. The van der Waals surface area contributed by atoms with Crippen LogP contribution in [0, 0.1) is 11.3 Å². The summed E-state index contributed by atoms with van der Waals surface area (Å²) in [7, 11) is 2.08. The standard InChI is InChI=1S/C14H24N2O/c1-15-7-12(6-13(15)9-17)8-16-10-14(11-16)4-2-3-5-14/h9,12-13H,2-8,10-11H2,1H3. The van der Waals surface area contributed by atoms with Crippen molar-refractivity contribution < 1.29 is 4.79 Å². The normalized spacial score (nSPS) is 37.5. The first-order valence-electron chi connectivity index (χ1n) is 7.09. The van der Waals surface area contributed by atoms with Crippen molar-refractivity contribution >= 4 is 6.29 Å². The molecule has 0 amide bonds. The van der Waals surface area contributed by atoms with Gasteiger partial charge in [0, 0.05) is 26.2 Å². The molecule has 96 valence electrons. The van der Waals surface area contributed by atoms with Crippen LogP contribution in [0.25, 0.3) is 0 Å². The Morgan fingerprint density at radius 1 is 1.29 bits per heavy atom. The first kappa shape index (κ1) is 11.7. The van der Waals surface area contributed by atoms with Crippen molar-refractivity contribution in [2.75, 3.05) is 33.2 Å². The monoisotopic (exact) mass is 236 g/mol. The van der Waals surface area contributed by atoms with E-state index in [-0.39, 0.29) is 6.04 Å². The van der Waals surface area contributed by atoms with Crippen molar-refractivity contribution in [2.24, 2.45) is 11.3 Å². The first-order valence-corrected chi connectivity index (χ1v) is 7.09. The zero-order valence-electron chi connectivity index (χ0n) is 10.9. The van der Waals surface area contributed by atoms with Gasteiger partial charge in [0.1, 0.15) is 6.29 Å². The Bertz CT molecular complexity index is 291. The van der Waals surface area contributed by atoms with Crippen LogP contribution in [-0.2, 0) is 4.79 Å². The van der Waals surface area contributed by atoms with E-state index in [1.807, 2.05) is 0 Å². The van der Waals surface area contributed by atoms with E-state index in [1.165, 1.54) is 45.3 Å². The molecular formula is C14H24N2O. The van der Waals surface area contributed by atoms with Crippen LogP contribution in [0.1, 0.15) is 32.1 Å². The molecule has 2 unspecified atom stereocenters. The van der Waals surface area contributed by atoms with E-state index in [2.05, 4.69) is 16.8 Å². The Kier molecular flexibility index (Phi) is 2.99. The van der Waals surface area contributed by atoms with Crippen molar-refractivity contribution in [2.45, 2.75) is 38.1 Å². The van der Waals surface area contributed by atoms with Crippen LogP contribution >= 0.6 is 0 Å². The predicted octanol–water partition coefficient (Wildman–Crippen LogP) is 1.38. The molecule has 0 aromatic heterocycles. The molecule has 1 aliphatic carbocycles. The van der Waals surface area contributed by atoms with E-state index < -0.39 is 0 Å². The maximum Gasteiger partial charge on any atom is 0.137 e. The van der Waals surface area contributed by atoms with E-state index in [9.17, 15) is 4.79 Å². The molecule has 2 atom stereocenters. The lowest BCUT2D eigenvalue weighted by molar-refractivity contribution is -0.111. The summed E-state index contributed by atoms with van der Waals surface area (Å²) in [5, 5.41) is 0. The van der Waals surface area contributed by atoms with Crippen molar-refractivity contribution in [1.82, 2.24) is 9.80 Å². The van der Waals surface area contributed by atoms with E-state index in [1.54, 1.807) is 0 Å². The highest BCUT2D eigenvalue weighted by Gasteiger charge is 2.45. The Labute approximate surface area is 104 Å². The first-order chi connectivity index (χ1) is 8.21. The van der Waals surface area contributed by atoms with Crippen LogP contribution in [-0.4, -0.2) is 55.4 Å². The Balaban J connectivity index is 1.45. The van der Waals surface area contributed by atoms with Gasteiger partial charge in [-0.2, -0.15) is 0 Å². The molecule has 3 aliphatic rings. The molecule has 2 saturated heterocycles. The second-order valence-corrected chi connectivity index (χ2v) is 6.62. The topological polar surface area (TPSA) is 23.6 Å². The van der Waals surface area contributed by atoms with E-state index in [4.69, 9.17) is 0 Å². The van der Waals surface area contributed by atoms with Crippen molar-refractivity contribution in [3.05, 3.63) is 0 Å². The van der Waals surface area contributed by atoms with Crippen LogP contribution in [0.2, 0.25) is 0 Å². The molecule has 0 aromatic carbocycles. The summed E-state index contributed by atoms with van der Waals surface area (Å²) in [5.41, 5.74) is 0.717. The molecule has 0 N–H and O–H groups in total. The number of likely N-dealkylation sites (tertiary alicyclic amines) is 2. The minimum atomic E-state index is 0.182. The summed E-state index contributed by atoms with van der Waals surface area (Å²) in [6.07, 6.45) is 8.02. The summed E-state index contributed by atoms with van der Waals surface area (Å²) >= 11 is 0. The van der Waals surface area contributed by atoms with Gasteiger partial charge in [-0.25, -0.2) is 0 Å². The Morgan fingerprint density at radius 3 is 2.59 bits per heavy atom. The highest BCUT2D eigenvalue weighted by molar-refractivity contribution is 5.58. The van der Waals surface area contributed by atoms with Gasteiger partial charge in [0.25, 0.3) is 0 Å². The lowest BCUT2D eigenvalue weighted by Crippen LogP contribution is -2.56. The molecule has 3 fully saturated rings. The minimum Gasteiger partial charge on any atom is -0.302 e. The fraction of sp³-hybridized carbons (Fsp3) is 0.929. The summed E-state index contributed by atoms with van der Waals surface area (Å²) in [5.74, 6) is 0.717. The average molecular weight is 236 g/mol. The summed E-state index contributed by atoms with van der Waals surface area (Å²) in [4.78, 5) is 15.7. The van der Waals surface area contributed by atoms with Crippen LogP contribution in [0.4, 0.5) is 0 Å². The minimum absolute atomic E-state index is 0.182. The lowest BCUT2D eigenvalue weighted by atomic mass is 9.78. The molecule has 3 heteroatoms. The zero-order chi connectivity index (χ0) is 11.9. The fourth-order valence-electron chi connectivity index (χ4n) is 4.27. The SMILES string of the molecule is CN1CC(CN2CC3(CCCC3)C2)CC1C=O. The van der Waals surface area contributed by atoms with Gasteiger partial charge in [0.15, 0.2) is 0 Å². The summed E-state index contributed by atoms with van der Waals surface area (Å²) < 4.78 is 0. The lowest BCUT2D eigenvalue weighted by Gasteiger charge is -2.49. The molecule has 1 saturated carbocycles. The summed E-state index contributed by atoms with van der Waals surface area (Å²) in [6, 6.07) is 0.182. The Hall–Kier alpha value is -0.410. The van der Waals surface area contributed by atoms with Gasteiger partial charge in [-0.15, -0.1) is 0 Å². The van der Waals surface area contributed by atoms with E-state index in [0.717, 1.165) is 19.3 Å². The van der Waals surface area contributed by atoms with Crippen molar-refractivity contribution in [3.63, 3.8) is 0 Å². The van der Waals surface area contributed by atoms with Gasteiger partial charge < -0.3 is 9.69 Å². The van der Waals surface area contributed by atoms with Gasteiger partial charge in [0.2, 0.25) is 0 Å². The maximum absolute atomic E-state index is 10.9. The van der Waals surface area contributed by atoms with Crippen molar-refractivity contribution in [1.29, 1.82) is 0 Å². The number of carbonyl (C=O) groups is 1. The molecular weight excluding hydrogens is 212 g/mol. The molecule has 0 aromatic rings. The predicted molar refractivity (Wildman–Crippen MR) is 67.9 cm³/mol. The number of hydrogen-bond acceptors (Lipinski definition) is 3. The average Bonchev–Trinajstić information content (AvgIpc) is 2.85. The fourth-order valence-corrected chi connectivity index (χ4v) is 4.27. The largest absolute Gasteiger partial charge is 0.302 e. The molecule has 0 radical (unpaired) electrons. The number of likely N-dealkylation sites (N-methyl/N-ethyl adjacent to an activating group) is 1. The molecule has 2 aliphatic heterocycles. The highest BCUT2D eigenvalue weighted by atomic mass is 16.1. The molecule has 3 rings (SSSR count). The van der Waals surface area contributed by atoms with Crippen LogP contribution < -0.4 is 0 Å². The van der Waals surface area contributed by atoms with Gasteiger partial charge in [-0.1, -0.05) is 12.8 Å². The smallest absolute Gasteiger partial charge is 0.137 e. The highest BCUT2D eigenvalue weighted by Crippen LogP contribution is 2.45. The van der Waals surface area contributed by atoms with E-state index >= 15 is 0 Å². The number of aldehydes is 1. The van der Waals surface area contributed by atoms with Gasteiger partial charge in [-0.3, -0.25) is 4.90 Å². The second kappa shape index (κ2) is 4.36. The third-order valence-electron chi connectivity index (χ3n) is 5.14. The number of carbonyl (C=O) groups excluding carboxylic acids is 1. The molecule has 2 heterocycles. The third-order valence-corrected chi connectivity index (χ3v) is 5.14. The molecule has 17 heavy (non-hydrogen) atoms. The van der Waals surface area contributed by atoms with E-state index in [0.29, 0.717) is 11.3 Å². The van der Waals surface area contributed by atoms with Crippen LogP contribution in [0.3, 0.4) is 0 Å². The van der Waals surface area contributed by atoms with Gasteiger partial charge in [-0.05, 0) is 37.6 Å². The molecule has 3 nitrogen and oxygen atoms in total. The number of rotatable bonds is 3. The summed E-state index contributed by atoms with van der Waals surface area (Å²) in [6.45, 7) is 4.99. The second-order valence-electron chi connectivity index (χ2n) is 6.62. The van der Waals surface area contributed by atoms with Crippen LogP contribution in [0.5, 0.6) is 0 Å². The van der Waals surface area contributed by atoms with Gasteiger partial charge >= 0.3 is 0 Å². The zero-order valence-corrected chi connectivity index (χ0v) is 10.9. The quantitative estimate of drug-likeness (QED) is 0.692. The maximum atomic E-state index is 10.9. The number of nitrogens with zero attached hydrogens (tertiary/aromatic N) is 2. The van der Waals surface area contributed by atoms with Crippen LogP contribution in [0.15, 0.2) is 0 Å². The van der Waals surface area contributed by atoms with Gasteiger partial charge in [0.05, 0.1) is 6.04 Å². The Morgan fingerprint density at radius 2 is 2.00 bits per heavy atom. The molecule has 1 spiro atoms. The molecule has 0 bridgehead atoms. The third kappa shape index (κ3) is 2.15. The van der Waals surface area contributed by atoms with Crippen molar-refractivity contribution in [3.8, 4) is 0 Å².